The van der Waals surface area contributed by atoms with Crippen LogP contribution in [0.3, 0.4) is 0 Å². The van der Waals surface area contributed by atoms with Crippen molar-refractivity contribution in [3.05, 3.63) is 134 Å². The molecule has 0 bridgehead atoms. The molecule has 0 radical (unpaired) electrons. The summed E-state index contributed by atoms with van der Waals surface area (Å²) in [6.45, 7) is 3.30. The number of phosphoric acid groups is 1. The Labute approximate surface area is 343 Å². The molecule has 1 aliphatic heterocycles. The van der Waals surface area contributed by atoms with Gasteiger partial charge in [0.2, 0.25) is 0 Å². The first-order valence-corrected chi connectivity index (χ1v) is 22.1. The van der Waals surface area contributed by atoms with Crippen LogP contribution in [0.1, 0.15) is 117 Å². The number of epoxide rings is 1. The summed E-state index contributed by atoms with van der Waals surface area (Å²) in [7, 11) is -4.81. The molecule has 0 spiro atoms. The first-order chi connectivity index (χ1) is 27.7. The van der Waals surface area contributed by atoms with Gasteiger partial charge in [-0.25, -0.2) is 4.57 Å². The number of carbonyl (C=O) groups excluding carboxylic acids is 2. The SMILES string of the molecule is CC/C=C\C/C=C\C/C=C\C/C=C\C/C=C\C/C=C\CCC(=O)O[C@H](COC(=O)CC/C=C\C/C=C\C/C=C\C/C=C\CC1OC1C/C=C\CC)COP(=O)(O)O. The molecule has 0 aromatic rings. The van der Waals surface area contributed by atoms with E-state index in [0.29, 0.717) is 25.0 Å². The molecule has 316 valence electrons. The van der Waals surface area contributed by atoms with Crippen LogP contribution >= 0.6 is 7.82 Å². The van der Waals surface area contributed by atoms with Crippen molar-refractivity contribution in [1.82, 2.24) is 0 Å². The minimum Gasteiger partial charge on any atom is -0.462 e. The number of rotatable bonds is 34. The molecule has 0 saturated carbocycles. The molecule has 1 rings (SSSR count). The smallest absolute Gasteiger partial charge is 0.462 e. The Morgan fingerprint density at radius 3 is 1.30 bits per heavy atom. The predicted molar refractivity (Wildman–Crippen MR) is 233 cm³/mol. The van der Waals surface area contributed by atoms with Crippen molar-refractivity contribution in [1.29, 1.82) is 0 Å². The number of ether oxygens (including phenoxy) is 3. The number of hydrogen-bond acceptors (Lipinski definition) is 7. The van der Waals surface area contributed by atoms with Gasteiger partial charge in [0.05, 0.1) is 18.8 Å². The molecule has 57 heavy (non-hydrogen) atoms. The van der Waals surface area contributed by atoms with Crippen molar-refractivity contribution in [3.63, 3.8) is 0 Å². The second-order valence-electron chi connectivity index (χ2n) is 13.2. The van der Waals surface area contributed by atoms with Crippen molar-refractivity contribution in [2.45, 2.75) is 135 Å². The van der Waals surface area contributed by atoms with Crippen LogP contribution in [0.5, 0.6) is 0 Å². The normalized spacial score (nSPS) is 17.4. The van der Waals surface area contributed by atoms with Crippen molar-refractivity contribution in [3.8, 4) is 0 Å². The molecule has 0 aromatic carbocycles. The quantitative estimate of drug-likeness (QED) is 0.0282. The molecular formula is C47H69O9P. The van der Waals surface area contributed by atoms with Gasteiger partial charge in [0.1, 0.15) is 6.61 Å². The zero-order chi connectivity index (χ0) is 41.5. The van der Waals surface area contributed by atoms with Gasteiger partial charge in [-0.1, -0.05) is 148 Å². The summed E-state index contributed by atoms with van der Waals surface area (Å²) in [6, 6.07) is 0. The second-order valence-corrected chi connectivity index (χ2v) is 14.5. The molecule has 1 fully saturated rings. The third-order valence-electron chi connectivity index (χ3n) is 8.09. The van der Waals surface area contributed by atoms with Gasteiger partial charge >= 0.3 is 19.8 Å². The maximum absolute atomic E-state index is 12.4. The van der Waals surface area contributed by atoms with Crippen molar-refractivity contribution in [2.24, 2.45) is 0 Å². The fraction of sp³-hybridized carbons (Fsp3) is 0.489. The summed E-state index contributed by atoms with van der Waals surface area (Å²) in [5.74, 6) is -1.10. The number of hydrogen-bond donors (Lipinski definition) is 2. The summed E-state index contributed by atoms with van der Waals surface area (Å²) in [5.41, 5.74) is 0. The second kappa shape index (κ2) is 36.5. The Balaban J connectivity index is 2.19. The molecule has 2 N–H and O–H groups in total. The summed E-state index contributed by atoms with van der Waals surface area (Å²) < 4.78 is 31.9. The molecule has 2 unspecified atom stereocenters. The third-order valence-corrected chi connectivity index (χ3v) is 8.58. The zero-order valence-corrected chi connectivity index (χ0v) is 35.3. The van der Waals surface area contributed by atoms with Crippen LogP contribution in [-0.4, -0.2) is 53.3 Å². The van der Waals surface area contributed by atoms with E-state index in [1.807, 2.05) is 24.3 Å². The number of allylic oxidation sites excluding steroid dienone is 20. The van der Waals surface area contributed by atoms with E-state index < -0.39 is 32.5 Å². The Morgan fingerprint density at radius 2 is 0.877 bits per heavy atom. The minimum absolute atomic E-state index is 0.0596. The van der Waals surface area contributed by atoms with E-state index in [-0.39, 0.29) is 19.4 Å². The molecule has 10 heteroatoms. The molecule has 1 heterocycles. The van der Waals surface area contributed by atoms with E-state index in [4.69, 9.17) is 24.0 Å². The summed E-state index contributed by atoms with van der Waals surface area (Å²) >= 11 is 0. The monoisotopic (exact) mass is 808 g/mol. The lowest BCUT2D eigenvalue weighted by molar-refractivity contribution is -0.161. The Bertz CT molecular complexity index is 1440. The van der Waals surface area contributed by atoms with Gasteiger partial charge in [0.15, 0.2) is 6.10 Å². The summed E-state index contributed by atoms with van der Waals surface area (Å²) in [6.07, 6.45) is 58.1. The lowest BCUT2D eigenvalue weighted by Gasteiger charge is -2.18. The maximum atomic E-state index is 12.4. The van der Waals surface area contributed by atoms with Gasteiger partial charge in [-0.15, -0.1) is 0 Å². The van der Waals surface area contributed by atoms with Crippen LogP contribution < -0.4 is 0 Å². The molecule has 0 aliphatic carbocycles. The summed E-state index contributed by atoms with van der Waals surface area (Å²) in [5, 5.41) is 0. The fourth-order valence-electron chi connectivity index (χ4n) is 4.99. The lowest BCUT2D eigenvalue weighted by atomic mass is 10.1. The molecule has 1 saturated heterocycles. The van der Waals surface area contributed by atoms with E-state index in [9.17, 15) is 14.2 Å². The minimum atomic E-state index is -4.81. The van der Waals surface area contributed by atoms with Crippen molar-refractivity contribution in [2.75, 3.05) is 13.2 Å². The van der Waals surface area contributed by atoms with Gasteiger partial charge in [-0.2, -0.15) is 0 Å². The van der Waals surface area contributed by atoms with Crippen LogP contribution in [0, 0.1) is 0 Å². The highest BCUT2D eigenvalue weighted by molar-refractivity contribution is 7.46. The molecule has 3 atom stereocenters. The molecule has 0 aromatic heterocycles. The van der Waals surface area contributed by atoms with Gasteiger partial charge < -0.3 is 24.0 Å². The van der Waals surface area contributed by atoms with Gasteiger partial charge in [-0.05, 0) is 89.9 Å². The Morgan fingerprint density at radius 1 is 0.526 bits per heavy atom. The topological polar surface area (TPSA) is 132 Å². The maximum Gasteiger partial charge on any atom is 0.469 e. The van der Waals surface area contributed by atoms with E-state index in [2.05, 4.69) is 128 Å². The van der Waals surface area contributed by atoms with E-state index in [1.54, 1.807) is 0 Å². The number of phosphoric ester groups is 1. The first-order valence-electron chi connectivity index (χ1n) is 20.6. The molecule has 0 amide bonds. The van der Waals surface area contributed by atoms with Crippen LogP contribution in [-0.2, 0) is 32.9 Å². The number of esters is 2. The third kappa shape index (κ3) is 36.3. The number of carbonyl (C=O) groups is 2. The van der Waals surface area contributed by atoms with Crippen LogP contribution in [0.4, 0.5) is 0 Å². The van der Waals surface area contributed by atoms with Crippen LogP contribution in [0.25, 0.3) is 0 Å². The van der Waals surface area contributed by atoms with Gasteiger partial charge in [0, 0.05) is 12.8 Å². The Kier molecular flexibility index (Phi) is 32.8. The molecule has 1 aliphatic rings. The van der Waals surface area contributed by atoms with Crippen LogP contribution in [0.2, 0.25) is 0 Å². The Hall–Kier alpha value is -3.85. The van der Waals surface area contributed by atoms with Gasteiger partial charge in [0.25, 0.3) is 0 Å². The standard InChI is InChI=1S/C47H69O9P/c1-3-5-7-8-9-10-11-12-13-14-15-16-17-18-23-26-29-32-36-40-47(49)55-43(42-54-57(50,51)52)41-53-46(48)39-35-31-28-25-22-20-19-21-24-27-30-34-38-45-44(56-45)37-33-6-4-2/h5-7,9-10,12-13,15-16,18,20-24,28-34,43-45H,3-4,8,11,14,17,19,25-27,35-42H2,1-2H3,(H2,50,51,52)/b7-5-,10-9-,13-12-,16-15-,22-20-,23-18-,24-21-,31-28-,32-29-,33-6-,34-30-/t43-,44?,45?/m1/s1. The van der Waals surface area contributed by atoms with E-state index in [0.717, 1.165) is 77.0 Å². The predicted octanol–water partition coefficient (Wildman–Crippen LogP) is 11.7. The molecular weight excluding hydrogens is 739 g/mol. The zero-order valence-electron chi connectivity index (χ0n) is 34.4. The lowest BCUT2D eigenvalue weighted by Crippen LogP contribution is -2.29. The van der Waals surface area contributed by atoms with E-state index in [1.165, 1.54) is 0 Å². The summed E-state index contributed by atoms with van der Waals surface area (Å²) in [4.78, 5) is 42.8. The first kappa shape index (κ1) is 51.2. The van der Waals surface area contributed by atoms with Gasteiger partial charge in [-0.3, -0.25) is 14.1 Å². The highest BCUT2D eigenvalue weighted by atomic mass is 31.2. The fourth-order valence-corrected chi connectivity index (χ4v) is 5.35. The largest absolute Gasteiger partial charge is 0.469 e. The highest BCUT2D eigenvalue weighted by Gasteiger charge is 2.35. The average Bonchev–Trinajstić information content (AvgIpc) is 3.94. The average molecular weight is 809 g/mol. The van der Waals surface area contributed by atoms with Crippen molar-refractivity contribution < 1.29 is 42.7 Å². The van der Waals surface area contributed by atoms with E-state index >= 15 is 0 Å². The van der Waals surface area contributed by atoms with Crippen molar-refractivity contribution >= 4 is 19.8 Å². The highest BCUT2D eigenvalue weighted by Crippen LogP contribution is 2.36. The van der Waals surface area contributed by atoms with Crippen LogP contribution in [0.15, 0.2) is 134 Å². The molecule has 9 nitrogen and oxygen atoms in total.